The van der Waals surface area contributed by atoms with Crippen LogP contribution >= 0.6 is 11.6 Å². The van der Waals surface area contributed by atoms with Crippen LogP contribution in [0.4, 0.5) is 5.69 Å². The van der Waals surface area contributed by atoms with Crippen molar-refractivity contribution in [3.05, 3.63) is 64.7 Å². The maximum Gasteiger partial charge on any atom is 0.253 e. The molecule has 1 saturated heterocycles. The van der Waals surface area contributed by atoms with Crippen molar-refractivity contribution in [2.75, 3.05) is 11.9 Å². The topological polar surface area (TPSA) is 55.4 Å². The lowest BCUT2D eigenvalue weighted by Crippen LogP contribution is -2.27. The van der Waals surface area contributed by atoms with E-state index >= 15 is 0 Å². The van der Waals surface area contributed by atoms with Gasteiger partial charge in [0, 0.05) is 22.8 Å². The Kier molecular flexibility index (Phi) is 4.74. The third-order valence-electron chi connectivity index (χ3n) is 3.74. The third kappa shape index (κ3) is 3.60. The van der Waals surface area contributed by atoms with Gasteiger partial charge in [0.25, 0.3) is 5.91 Å². The smallest absolute Gasteiger partial charge is 0.253 e. The fourth-order valence-corrected chi connectivity index (χ4v) is 2.73. The normalized spacial score (nSPS) is 17.0. The van der Waals surface area contributed by atoms with Crippen LogP contribution in [0.5, 0.6) is 0 Å². The number of carbonyl (C=O) groups excluding carboxylic acids is 2. The number of halogens is 1. The Balaban J connectivity index is 1.88. The molecule has 1 amide bonds. The SMILES string of the molecule is O=C(c1ccccc1)c1cc(Cl)ccc1NC(=O)C1CCCO1. The van der Waals surface area contributed by atoms with Crippen LogP contribution in [0.1, 0.15) is 28.8 Å². The molecular formula is C18H16ClNO3. The summed E-state index contributed by atoms with van der Waals surface area (Å²) < 4.78 is 5.37. The van der Waals surface area contributed by atoms with Gasteiger partial charge in [0.05, 0.1) is 5.69 Å². The summed E-state index contributed by atoms with van der Waals surface area (Å²) in [5, 5.41) is 3.23. The van der Waals surface area contributed by atoms with E-state index in [1.165, 1.54) is 0 Å². The van der Waals surface area contributed by atoms with Gasteiger partial charge in [-0.15, -0.1) is 0 Å². The number of carbonyl (C=O) groups is 2. The number of hydrogen-bond donors (Lipinski definition) is 1. The van der Waals surface area contributed by atoms with Crippen molar-refractivity contribution in [1.82, 2.24) is 0 Å². The van der Waals surface area contributed by atoms with Crippen molar-refractivity contribution in [2.24, 2.45) is 0 Å². The molecule has 5 heteroatoms. The average Bonchev–Trinajstić information content (AvgIpc) is 3.11. The predicted octanol–water partition coefficient (Wildman–Crippen LogP) is 3.69. The summed E-state index contributed by atoms with van der Waals surface area (Å²) in [6.45, 7) is 0.592. The molecule has 2 aromatic rings. The summed E-state index contributed by atoms with van der Waals surface area (Å²) in [6, 6.07) is 13.8. The number of ketones is 1. The molecule has 1 aliphatic rings. The molecule has 118 valence electrons. The van der Waals surface area contributed by atoms with Gasteiger partial charge in [-0.2, -0.15) is 0 Å². The van der Waals surface area contributed by atoms with Crippen molar-refractivity contribution in [3.63, 3.8) is 0 Å². The van der Waals surface area contributed by atoms with Crippen LogP contribution in [-0.2, 0) is 9.53 Å². The van der Waals surface area contributed by atoms with Crippen LogP contribution in [0.25, 0.3) is 0 Å². The summed E-state index contributed by atoms with van der Waals surface area (Å²) in [4.78, 5) is 24.9. The molecule has 0 radical (unpaired) electrons. The van der Waals surface area contributed by atoms with Gasteiger partial charge in [-0.05, 0) is 31.0 Å². The fraction of sp³-hybridized carbons (Fsp3) is 0.222. The summed E-state index contributed by atoms with van der Waals surface area (Å²) >= 11 is 6.02. The van der Waals surface area contributed by atoms with E-state index in [-0.39, 0.29) is 11.7 Å². The van der Waals surface area contributed by atoms with E-state index in [1.807, 2.05) is 6.07 Å². The highest BCUT2D eigenvalue weighted by Crippen LogP contribution is 2.25. The molecule has 0 saturated carbocycles. The molecule has 1 N–H and O–H groups in total. The van der Waals surface area contributed by atoms with Crippen LogP contribution in [0.15, 0.2) is 48.5 Å². The molecule has 1 fully saturated rings. The number of ether oxygens (including phenoxy) is 1. The van der Waals surface area contributed by atoms with Gasteiger partial charge in [-0.3, -0.25) is 9.59 Å². The first-order chi connectivity index (χ1) is 11.1. The minimum atomic E-state index is -0.453. The molecule has 0 bridgehead atoms. The maximum atomic E-state index is 12.7. The highest BCUT2D eigenvalue weighted by molar-refractivity contribution is 6.31. The molecule has 1 atom stereocenters. The summed E-state index contributed by atoms with van der Waals surface area (Å²) in [5.41, 5.74) is 1.36. The number of amides is 1. The highest BCUT2D eigenvalue weighted by Gasteiger charge is 2.25. The van der Waals surface area contributed by atoms with Crippen molar-refractivity contribution in [3.8, 4) is 0 Å². The monoisotopic (exact) mass is 329 g/mol. The Hall–Kier alpha value is -2.17. The van der Waals surface area contributed by atoms with Crippen molar-refractivity contribution >= 4 is 29.0 Å². The molecule has 3 rings (SSSR count). The molecule has 1 unspecified atom stereocenters. The lowest BCUT2D eigenvalue weighted by atomic mass is 10.0. The highest BCUT2D eigenvalue weighted by atomic mass is 35.5. The lowest BCUT2D eigenvalue weighted by molar-refractivity contribution is -0.124. The largest absolute Gasteiger partial charge is 0.368 e. The van der Waals surface area contributed by atoms with E-state index in [2.05, 4.69) is 5.32 Å². The first-order valence-corrected chi connectivity index (χ1v) is 7.85. The second-order valence-corrected chi connectivity index (χ2v) is 5.81. The maximum absolute atomic E-state index is 12.7. The van der Waals surface area contributed by atoms with Crippen LogP contribution < -0.4 is 5.32 Å². The summed E-state index contributed by atoms with van der Waals surface area (Å²) in [6.07, 6.45) is 1.11. The van der Waals surface area contributed by atoms with Crippen LogP contribution in [0.2, 0.25) is 5.02 Å². The molecule has 1 aliphatic heterocycles. The van der Waals surface area contributed by atoms with Gasteiger partial charge in [0.2, 0.25) is 0 Å². The minimum absolute atomic E-state index is 0.184. The van der Waals surface area contributed by atoms with E-state index in [1.54, 1.807) is 42.5 Å². The quantitative estimate of drug-likeness (QED) is 0.870. The summed E-state index contributed by atoms with van der Waals surface area (Å²) in [7, 11) is 0. The van der Waals surface area contributed by atoms with Gasteiger partial charge in [0.1, 0.15) is 6.10 Å². The number of nitrogens with one attached hydrogen (secondary N) is 1. The van der Waals surface area contributed by atoms with Crippen LogP contribution in [0, 0.1) is 0 Å². The van der Waals surface area contributed by atoms with Crippen molar-refractivity contribution in [1.29, 1.82) is 0 Å². The molecule has 0 spiro atoms. The average molecular weight is 330 g/mol. The molecule has 0 aromatic heterocycles. The van der Waals surface area contributed by atoms with E-state index in [9.17, 15) is 9.59 Å². The first-order valence-electron chi connectivity index (χ1n) is 7.47. The molecule has 0 aliphatic carbocycles. The van der Waals surface area contributed by atoms with E-state index in [4.69, 9.17) is 16.3 Å². The Morgan fingerprint density at radius 3 is 2.61 bits per heavy atom. The van der Waals surface area contributed by atoms with Gasteiger partial charge in [-0.25, -0.2) is 0 Å². The Morgan fingerprint density at radius 1 is 1.13 bits per heavy atom. The second kappa shape index (κ2) is 6.94. The van der Waals surface area contributed by atoms with Crippen LogP contribution in [-0.4, -0.2) is 24.4 Å². The Bertz CT molecular complexity index is 724. The zero-order chi connectivity index (χ0) is 16.2. The fourth-order valence-electron chi connectivity index (χ4n) is 2.56. The van der Waals surface area contributed by atoms with Gasteiger partial charge in [0.15, 0.2) is 5.78 Å². The third-order valence-corrected chi connectivity index (χ3v) is 3.98. The predicted molar refractivity (Wildman–Crippen MR) is 88.9 cm³/mol. The molecule has 1 heterocycles. The van der Waals surface area contributed by atoms with Crippen molar-refractivity contribution in [2.45, 2.75) is 18.9 Å². The number of rotatable bonds is 4. The van der Waals surface area contributed by atoms with E-state index in [0.29, 0.717) is 34.9 Å². The van der Waals surface area contributed by atoms with Crippen LogP contribution in [0.3, 0.4) is 0 Å². The van der Waals surface area contributed by atoms with E-state index in [0.717, 1.165) is 6.42 Å². The molecule has 23 heavy (non-hydrogen) atoms. The lowest BCUT2D eigenvalue weighted by Gasteiger charge is -2.14. The molecule has 4 nitrogen and oxygen atoms in total. The summed E-state index contributed by atoms with van der Waals surface area (Å²) in [5.74, 6) is -0.414. The Labute approximate surface area is 139 Å². The zero-order valence-corrected chi connectivity index (χ0v) is 13.2. The number of anilines is 1. The number of benzene rings is 2. The Morgan fingerprint density at radius 2 is 1.91 bits per heavy atom. The van der Waals surface area contributed by atoms with Gasteiger partial charge in [-0.1, -0.05) is 41.9 Å². The van der Waals surface area contributed by atoms with E-state index < -0.39 is 6.10 Å². The zero-order valence-electron chi connectivity index (χ0n) is 12.4. The first kappa shape index (κ1) is 15.7. The van der Waals surface area contributed by atoms with Gasteiger partial charge < -0.3 is 10.1 Å². The minimum Gasteiger partial charge on any atom is -0.368 e. The molecular weight excluding hydrogens is 314 g/mol. The number of hydrogen-bond acceptors (Lipinski definition) is 3. The van der Waals surface area contributed by atoms with Gasteiger partial charge >= 0.3 is 0 Å². The second-order valence-electron chi connectivity index (χ2n) is 5.38. The molecule has 2 aromatic carbocycles. The van der Waals surface area contributed by atoms with Crippen molar-refractivity contribution < 1.29 is 14.3 Å². The standard InChI is InChI=1S/C18H16ClNO3/c19-13-8-9-15(20-18(22)16-7-4-10-23-16)14(11-13)17(21)12-5-2-1-3-6-12/h1-3,5-6,8-9,11,16H,4,7,10H2,(H,20,22).